The van der Waals surface area contributed by atoms with Crippen LogP contribution in [0, 0.1) is 0 Å². The minimum absolute atomic E-state index is 0.0950. The fourth-order valence-electron chi connectivity index (χ4n) is 3.21. The Morgan fingerprint density at radius 2 is 1.75 bits per heavy atom. The first-order valence-corrected chi connectivity index (χ1v) is 9.29. The van der Waals surface area contributed by atoms with Crippen molar-refractivity contribution in [2.24, 2.45) is 5.73 Å². The van der Waals surface area contributed by atoms with Gasteiger partial charge < -0.3 is 10.5 Å². The number of aryl methyl sites for hydroxylation is 1. The first-order chi connectivity index (χ1) is 13.7. The molecule has 142 valence electrons. The van der Waals surface area contributed by atoms with Crippen LogP contribution in [0.25, 0.3) is 0 Å². The number of H-pyrrole nitrogens is 1. The standard InChI is InChI=1S/C21H21N5O2/c22-20(26-21-24-18-9-5-4-8-17(18)19(27)25-21)23-14-10-12-16(13-11-14)28-15-6-2-1-3-7-15/h1-3,6-7,10-13H,4-5,8-9H2,(H4,22,23,24,25,26,27)/p+1. The molecule has 1 aliphatic carbocycles. The Hall–Kier alpha value is -3.61. The quantitative estimate of drug-likeness (QED) is 0.409. The monoisotopic (exact) mass is 376 g/mol. The minimum Gasteiger partial charge on any atom is -0.457 e. The number of para-hydroxylation sites is 1. The van der Waals surface area contributed by atoms with Gasteiger partial charge in [-0.15, -0.1) is 4.98 Å². The van der Waals surface area contributed by atoms with Crippen molar-refractivity contribution in [2.75, 3.05) is 5.32 Å². The summed E-state index contributed by atoms with van der Waals surface area (Å²) >= 11 is 0. The molecule has 7 nitrogen and oxygen atoms in total. The van der Waals surface area contributed by atoms with Crippen molar-refractivity contribution >= 4 is 17.6 Å². The number of rotatable bonds is 4. The molecule has 0 saturated heterocycles. The molecule has 3 aromatic rings. The van der Waals surface area contributed by atoms with Gasteiger partial charge in [0.25, 0.3) is 11.5 Å². The van der Waals surface area contributed by atoms with Crippen LogP contribution in [0.15, 0.2) is 59.4 Å². The van der Waals surface area contributed by atoms with Gasteiger partial charge in [0.15, 0.2) is 0 Å². The Bertz CT molecular complexity index is 1040. The molecule has 1 aliphatic rings. The zero-order chi connectivity index (χ0) is 19.3. The van der Waals surface area contributed by atoms with E-state index < -0.39 is 0 Å². The zero-order valence-corrected chi connectivity index (χ0v) is 15.4. The number of anilines is 1. The topological polar surface area (TPSA) is 107 Å². The van der Waals surface area contributed by atoms with Crippen molar-refractivity contribution < 1.29 is 9.73 Å². The Balaban J connectivity index is 1.45. The van der Waals surface area contributed by atoms with Crippen LogP contribution in [-0.2, 0) is 12.8 Å². The molecule has 0 saturated carbocycles. The van der Waals surface area contributed by atoms with Crippen LogP contribution >= 0.6 is 0 Å². The predicted octanol–water partition coefficient (Wildman–Crippen LogP) is 1.58. The van der Waals surface area contributed by atoms with Gasteiger partial charge in [-0.25, -0.2) is 9.98 Å². The predicted molar refractivity (Wildman–Crippen MR) is 108 cm³/mol. The lowest BCUT2D eigenvalue weighted by Gasteiger charge is -2.11. The molecular weight excluding hydrogens is 354 g/mol. The molecule has 0 amide bonds. The number of benzene rings is 2. The van der Waals surface area contributed by atoms with Gasteiger partial charge >= 0.3 is 5.95 Å². The summed E-state index contributed by atoms with van der Waals surface area (Å²) in [4.78, 5) is 22.4. The molecule has 0 fully saturated rings. The number of aromatic amines is 1. The van der Waals surface area contributed by atoms with Crippen LogP contribution in [0.2, 0.25) is 0 Å². The highest BCUT2D eigenvalue weighted by molar-refractivity contribution is 5.88. The Kier molecular flexibility index (Phi) is 5.05. The third kappa shape index (κ3) is 4.20. The number of nitrogens with two attached hydrogens (primary N) is 1. The maximum atomic E-state index is 12.2. The van der Waals surface area contributed by atoms with Gasteiger partial charge in [0.1, 0.15) is 11.5 Å². The van der Waals surface area contributed by atoms with E-state index in [1.807, 2.05) is 54.6 Å². The van der Waals surface area contributed by atoms with Crippen LogP contribution in [0.3, 0.4) is 0 Å². The van der Waals surface area contributed by atoms with E-state index in [9.17, 15) is 4.79 Å². The van der Waals surface area contributed by atoms with E-state index in [2.05, 4.69) is 20.3 Å². The van der Waals surface area contributed by atoms with E-state index in [1.165, 1.54) is 0 Å². The molecule has 7 heteroatoms. The number of ether oxygens (including phenoxy) is 1. The van der Waals surface area contributed by atoms with Crippen molar-refractivity contribution in [3.8, 4) is 11.5 Å². The van der Waals surface area contributed by atoms with Crippen LogP contribution in [0.4, 0.5) is 11.6 Å². The van der Waals surface area contributed by atoms with Gasteiger partial charge in [-0.1, -0.05) is 18.2 Å². The van der Waals surface area contributed by atoms with E-state index in [-0.39, 0.29) is 11.5 Å². The average molecular weight is 376 g/mol. The first kappa shape index (κ1) is 17.8. The van der Waals surface area contributed by atoms with Gasteiger partial charge in [-0.05, 0) is 62.1 Å². The Labute approximate surface area is 162 Å². The number of nitrogens with zero attached hydrogens (tertiary/aromatic N) is 1. The summed E-state index contributed by atoms with van der Waals surface area (Å²) < 4.78 is 5.77. The third-order valence-electron chi connectivity index (χ3n) is 4.56. The van der Waals surface area contributed by atoms with Gasteiger partial charge in [-0.3, -0.25) is 10.1 Å². The summed E-state index contributed by atoms with van der Waals surface area (Å²) in [6.07, 6.45) is 3.69. The lowest BCUT2D eigenvalue weighted by molar-refractivity contribution is -0.365. The molecular formula is C21H22N5O2+. The zero-order valence-electron chi connectivity index (χ0n) is 15.4. The van der Waals surface area contributed by atoms with Crippen LogP contribution in [0.5, 0.6) is 11.5 Å². The molecule has 1 heterocycles. The van der Waals surface area contributed by atoms with Gasteiger partial charge in [0.05, 0.1) is 16.9 Å². The molecule has 0 aliphatic heterocycles. The highest BCUT2D eigenvalue weighted by atomic mass is 16.5. The maximum Gasteiger partial charge on any atom is 0.325 e. The van der Waals surface area contributed by atoms with Crippen molar-refractivity contribution in [3.63, 3.8) is 0 Å². The number of guanidine groups is 1. The number of aromatic nitrogens is 2. The number of hydrogen-bond acceptors (Lipinski definition) is 3. The van der Waals surface area contributed by atoms with Crippen LogP contribution in [-0.4, -0.2) is 15.9 Å². The van der Waals surface area contributed by atoms with E-state index in [0.717, 1.165) is 54.1 Å². The minimum atomic E-state index is -0.0950. The molecule has 0 spiro atoms. The third-order valence-corrected chi connectivity index (χ3v) is 4.56. The second-order valence-electron chi connectivity index (χ2n) is 6.65. The summed E-state index contributed by atoms with van der Waals surface area (Å²) in [5.74, 6) is 2.12. The Morgan fingerprint density at radius 3 is 2.54 bits per heavy atom. The molecule has 1 aromatic heterocycles. The van der Waals surface area contributed by atoms with Crippen molar-refractivity contribution in [1.29, 1.82) is 0 Å². The highest BCUT2D eigenvalue weighted by Crippen LogP contribution is 2.22. The van der Waals surface area contributed by atoms with E-state index in [4.69, 9.17) is 10.5 Å². The normalized spacial score (nSPS) is 13.6. The number of hydrogen-bond donors (Lipinski definition) is 4. The molecule has 0 radical (unpaired) electrons. The first-order valence-electron chi connectivity index (χ1n) is 9.29. The van der Waals surface area contributed by atoms with Crippen LogP contribution < -0.4 is 26.3 Å². The number of fused-ring (bicyclic) bond motifs is 1. The van der Waals surface area contributed by atoms with Gasteiger partial charge in [0.2, 0.25) is 0 Å². The van der Waals surface area contributed by atoms with Gasteiger partial charge in [0, 0.05) is 0 Å². The summed E-state index contributed by atoms with van der Waals surface area (Å²) in [5, 5.41) is 3.05. The number of nitrogens with one attached hydrogen (secondary N) is 3. The fraction of sp³-hybridized carbons (Fsp3) is 0.190. The maximum absolute atomic E-state index is 12.2. The lowest BCUT2D eigenvalue weighted by atomic mass is 9.97. The largest absolute Gasteiger partial charge is 0.457 e. The Morgan fingerprint density at radius 1 is 1.04 bits per heavy atom. The summed E-state index contributed by atoms with van der Waals surface area (Å²) in [7, 11) is 0. The van der Waals surface area contributed by atoms with Crippen LogP contribution in [0.1, 0.15) is 24.1 Å². The van der Waals surface area contributed by atoms with Gasteiger partial charge in [-0.2, -0.15) is 0 Å². The smallest absolute Gasteiger partial charge is 0.325 e. The molecule has 28 heavy (non-hydrogen) atoms. The second-order valence-corrected chi connectivity index (χ2v) is 6.65. The molecule has 4 rings (SSSR count). The summed E-state index contributed by atoms with van der Waals surface area (Å²) in [6.45, 7) is 0. The van der Waals surface area contributed by atoms with E-state index >= 15 is 0 Å². The van der Waals surface area contributed by atoms with E-state index in [0.29, 0.717) is 5.95 Å². The fourth-order valence-corrected chi connectivity index (χ4v) is 3.21. The van der Waals surface area contributed by atoms with Crippen molar-refractivity contribution in [1.82, 2.24) is 9.97 Å². The second kappa shape index (κ2) is 7.96. The highest BCUT2D eigenvalue weighted by Gasteiger charge is 2.18. The lowest BCUT2D eigenvalue weighted by Crippen LogP contribution is -2.73. The van der Waals surface area contributed by atoms with Crippen molar-refractivity contribution in [2.45, 2.75) is 25.7 Å². The molecule has 0 bridgehead atoms. The molecule has 5 N–H and O–H groups in total. The summed E-state index contributed by atoms with van der Waals surface area (Å²) in [6, 6.07) is 17.0. The SMILES string of the molecule is NC(Nc1ccc(Oc2ccccc2)cc1)=[NH+]c1nc2c(c(=O)[nH]1)CCCC2. The summed E-state index contributed by atoms with van der Waals surface area (Å²) in [5.41, 5.74) is 8.36. The van der Waals surface area contributed by atoms with E-state index in [1.54, 1.807) is 0 Å². The molecule has 0 atom stereocenters. The van der Waals surface area contributed by atoms with Crippen molar-refractivity contribution in [3.05, 3.63) is 76.2 Å². The molecule has 2 aromatic carbocycles. The molecule has 0 unspecified atom stereocenters. The average Bonchev–Trinajstić information content (AvgIpc) is 2.70.